The van der Waals surface area contributed by atoms with Crippen LogP contribution in [0.1, 0.15) is 164 Å². The predicted octanol–water partition coefficient (Wildman–Crippen LogP) is 5.11. The fourth-order valence-electron chi connectivity index (χ4n) is 12.8. The van der Waals surface area contributed by atoms with Crippen LogP contribution in [0.2, 0.25) is 0 Å². The molecule has 0 aliphatic heterocycles. The number of hydrogen-bond donors (Lipinski definition) is 6. The minimum Gasteiger partial charge on any atom is -0.466 e. The second kappa shape index (κ2) is 99.7. The predicted molar refractivity (Wildman–Crippen MR) is 524 cm³/mol. The van der Waals surface area contributed by atoms with Gasteiger partial charge < -0.3 is 155 Å². The third-order valence-electron chi connectivity index (χ3n) is 20.4. The Morgan fingerprint density at radius 3 is 0.527 bits per heavy atom. The van der Waals surface area contributed by atoms with Gasteiger partial charge in [0.2, 0.25) is 30.4 Å². The van der Waals surface area contributed by atoms with Gasteiger partial charge in [-0.3, -0.25) is 4.79 Å². The van der Waals surface area contributed by atoms with Crippen LogP contribution in [0.5, 0.6) is 0 Å². The minimum atomic E-state index is -1.25. The third-order valence-corrected chi connectivity index (χ3v) is 20.4. The van der Waals surface area contributed by atoms with E-state index in [0.717, 1.165) is 0 Å². The number of carbonyl (C=O) groups is 12. The van der Waals surface area contributed by atoms with Crippen molar-refractivity contribution in [3.63, 3.8) is 0 Å². The zero-order valence-corrected chi connectivity index (χ0v) is 88.0. The molecule has 6 unspecified atom stereocenters. The van der Waals surface area contributed by atoms with Crippen molar-refractivity contribution in [2.24, 2.45) is 41.7 Å². The van der Waals surface area contributed by atoms with Gasteiger partial charge in [0.05, 0.1) is 241 Å². The number of nitrogens with one attached hydrogen (secondary N) is 6. The number of aliphatic imine (C=N–C) groups is 5. The molecule has 0 aliphatic rings. The molecule has 0 fully saturated rings. The summed E-state index contributed by atoms with van der Waals surface area (Å²) in [7, 11) is 0. The summed E-state index contributed by atoms with van der Waals surface area (Å²) in [5.74, 6) is -3.87. The van der Waals surface area contributed by atoms with Gasteiger partial charge in [-0.1, -0.05) is 13.3 Å². The summed E-state index contributed by atoms with van der Waals surface area (Å²) in [6.45, 7) is 11.1. The lowest BCUT2D eigenvalue weighted by Gasteiger charge is -2.37. The van der Waals surface area contributed by atoms with Crippen LogP contribution < -0.4 is 31.9 Å². The highest BCUT2D eigenvalue weighted by atomic mass is 16.6. The summed E-state index contributed by atoms with van der Waals surface area (Å²) in [4.78, 5) is 221. The Kier molecular flexibility index (Phi) is 92.3. The highest BCUT2D eigenvalue weighted by Crippen LogP contribution is 2.27. The molecule has 0 radical (unpaired) electrons. The summed E-state index contributed by atoms with van der Waals surface area (Å²) in [5, 5.41) is 15.8. The maximum Gasteiger partial charge on any atom is 0.407 e. The average molecular weight is 2160 g/mol. The molecule has 0 saturated carbocycles. The minimum absolute atomic E-state index is 0.00111. The van der Waals surface area contributed by atoms with Crippen LogP contribution in [-0.4, -0.2) is 437 Å². The first-order chi connectivity index (χ1) is 73.0. The van der Waals surface area contributed by atoms with Gasteiger partial charge in [0, 0.05) is 39.3 Å². The van der Waals surface area contributed by atoms with Crippen molar-refractivity contribution in [2.45, 2.75) is 194 Å². The SMILES string of the molecule is CCOC(=O)C(C)CCCCNC(=O)OCCOCCOCC(COCCOCCOC(=O)NCCCCC(N=C=O)C(=O)OCC)(COCCOCCOC(=O)NCCCCC(N=C=O)C(=O)OCC)COCC(COCCOCCOCCOC(=O)NCCCCC(N=C=O)C(=O)OCC)(COCCOCCOC(=O)NCCCCC(N=C=O)C(=O)OCC)COCCOCCOC(=O)NCCCCC(N=C=O)C(=O)OCC. The number of isocyanates is 5. The molecule has 0 rings (SSSR count). The molecule has 0 bridgehead atoms. The Bertz CT molecular complexity index is 3680. The van der Waals surface area contributed by atoms with E-state index in [9.17, 15) is 81.5 Å². The smallest absolute Gasteiger partial charge is 0.407 e. The number of hydrogen-bond acceptors (Lipinski definition) is 48. The monoisotopic (exact) mass is 2160 g/mol. The van der Waals surface area contributed by atoms with E-state index in [0.29, 0.717) is 90.0 Å². The van der Waals surface area contributed by atoms with Gasteiger partial charge in [0.15, 0.2) is 30.2 Å². The van der Waals surface area contributed by atoms with Gasteiger partial charge in [0.25, 0.3) is 0 Å². The zero-order valence-electron chi connectivity index (χ0n) is 88.0. The van der Waals surface area contributed by atoms with Crippen molar-refractivity contribution in [3.05, 3.63) is 0 Å². The van der Waals surface area contributed by atoms with E-state index in [1.165, 1.54) is 30.4 Å². The first-order valence-electron chi connectivity index (χ1n) is 50.8. The van der Waals surface area contributed by atoms with Crippen LogP contribution in [-0.2, 0) is 176 Å². The summed E-state index contributed by atoms with van der Waals surface area (Å²) in [6.07, 6.45) is 9.52. The topological polar surface area (TPSA) is 664 Å². The number of amides is 6. The Morgan fingerprint density at radius 1 is 0.200 bits per heavy atom. The lowest BCUT2D eigenvalue weighted by molar-refractivity contribution is -0.150. The number of rotatable bonds is 102. The first kappa shape index (κ1) is 139. The molecule has 6 N–H and O–H groups in total. The number of nitrogens with zero attached hydrogens (tertiary/aromatic N) is 5. The van der Waals surface area contributed by atoms with Crippen molar-refractivity contribution in [1.82, 2.24) is 31.9 Å². The average Bonchev–Trinajstić information content (AvgIpc) is 0.843. The van der Waals surface area contributed by atoms with E-state index >= 15 is 0 Å². The first-order valence-corrected chi connectivity index (χ1v) is 50.8. The van der Waals surface area contributed by atoms with Gasteiger partial charge in [-0.25, -0.2) is 76.7 Å². The van der Waals surface area contributed by atoms with Gasteiger partial charge >= 0.3 is 72.4 Å². The van der Waals surface area contributed by atoms with Crippen LogP contribution in [0.4, 0.5) is 28.8 Å². The highest BCUT2D eigenvalue weighted by molar-refractivity contribution is 5.79. The fraction of sp³-hybridized carbons (Fsp3) is 0.823. The van der Waals surface area contributed by atoms with Crippen molar-refractivity contribution in [1.29, 1.82) is 0 Å². The second-order valence-electron chi connectivity index (χ2n) is 32.5. The molecule has 54 heteroatoms. The largest absolute Gasteiger partial charge is 0.466 e. The maximum atomic E-state index is 12.6. The maximum absolute atomic E-state index is 12.6. The Labute approximate surface area is 875 Å². The summed E-state index contributed by atoms with van der Waals surface area (Å²) in [5.41, 5.74) is -2.49. The lowest BCUT2D eigenvalue weighted by atomic mass is 9.90. The molecule has 54 nitrogen and oxygen atoms in total. The molecule has 0 aromatic rings. The van der Waals surface area contributed by atoms with Crippen LogP contribution in [0.3, 0.4) is 0 Å². The molecule has 858 valence electrons. The van der Waals surface area contributed by atoms with E-state index in [1.54, 1.807) is 48.5 Å². The molecule has 0 spiro atoms. The molecule has 6 amide bonds. The van der Waals surface area contributed by atoms with Crippen molar-refractivity contribution in [2.75, 3.05) is 304 Å². The fourth-order valence-corrected chi connectivity index (χ4v) is 12.8. The summed E-state index contributed by atoms with van der Waals surface area (Å²) in [6, 6.07) is -5.08. The van der Waals surface area contributed by atoms with E-state index in [1.807, 2.05) is 0 Å². The number of alkyl carbamates (subject to hydrolysis) is 6. The van der Waals surface area contributed by atoms with E-state index < -0.39 is 107 Å². The third kappa shape index (κ3) is 80.7. The molecule has 0 saturated heterocycles. The molecular weight excluding hydrogens is 2000 g/mol. The normalized spacial score (nSPS) is 12.8. The summed E-state index contributed by atoms with van der Waals surface area (Å²) < 4.78 is 147. The zero-order chi connectivity index (χ0) is 110. The standard InChI is InChI=1S/C96H161N11O43/c1-8-139-83(113)77(7)26-14-20-32-97-89(119)146-59-53-127-41-49-135-67-96(68-136-50-44-130-56-62-149-93(123)101-36-24-18-30-81(106-75-111)87(117)143-12-5,69-137-51-45-131-57-63-150-94(124)102-37-25-19-31-82(107-76-112)88(118)144-13-6)71-138-70-95(65-133-47-42-128-54-60-147-91(121)99-34-22-16-28-79(104-73-109)85(115)141-10-3,66-134-48-43-129-55-61-148-92(122)100-35-23-17-29-80(105-74-110)86(116)142-11-4)64-132-46-40-125-38-39-126-52-58-145-90(120)98-33-21-15-27-78(103-72-108)84(114)140-9-2/h77-82H,8-71H2,1-7H3,(H,97,119)(H,98,120)(H,99,121)(H,100,122)(H,101,123)(H,102,124). The quantitative estimate of drug-likeness (QED) is 0.0151. The lowest BCUT2D eigenvalue weighted by Crippen LogP contribution is -2.46. The Morgan fingerprint density at radius 2 is 0.353 bits per heavy atom. The molecule has 6 atom stereocenters. The van der Waals surface area contributed by atoms with Crippen LogP contribution in [0, 0.1) is 16.7 Å². The highest BCUT2D eigenvalue weighted by Gasteiger charge is 2.38. The van der Waals surface area contributed by atoms with Crippen molar-refractivity contribution in [3.8, 4) is 0 Å². The van der Waals surface area contributed by atoms with Gasteiger partial charge in [0.1, 0.15) is 39.6 Å². The van der Waals surface area contributed by atoms with E-state index in [4.69, 9.17) is 123 Å². The van der Waals surface area contributed by atoms with E-state index in [2.05, 4.69) is 56.9 Å². The Balaban J connectivity index is 7.46. The molecule has 0 aliphatic carbocycles. The number of ether oxygens (including phenoxy) is 26. The van der Waals surface area contributed by atoms with Gasteiger partial charge in [-0.15, -0.1) is 0 Å². The number of carbonyl (C=O) groups excluding carboxylic acids is 17. The Hall–Kier alpha value is -11.2. The molecule has 0 heterocycles. The molecular formula is C96H161N11O43. The van der Waals surface area contributed by atoms with Gasteiger partial charge in [-0.05, 0) is 151 Å². The van der Waals surface area contributed by atoms with Crippen molar-refractivity contribution < 1.29 is 205 Å². The number of unbranched alkanes of at least 4 members (excludes halogenated alkanes) is 6. The van der Waals surface area contributed by atoms with Crippen molar-refractivity contribution >= 4 is 103 Å². The van der Waals surface area contributed by atoms with Crippen LogP contribution in [0.15, 0.2) is 25.0 Å². The molecule has 150 heavy (non-hydrogen) atoms. The van der Waals surface area contributed by atoms with Crippen LogP contribution >= 0.6 is 0 Å². The number of esters is 6. The molecule has 0 aromatic carbocycles. The van der Waals surface area contributed by atoms with Gasteiger partial charge in [-0.2, -0.15) is 25.0 Å². The second-order valence-corrected chi connectivity index (χ2v) is 32.5. The molecule has 0 aromatic heterocycles. The summed E-state index contributed by atoms with van der Waals surface area (Å²) >= 11 is 0. The van der Waals surface area contributed by atoms with Crippen LogP contribution in [0.25, 0.3) is 0 Å². The van der Waals surface area contributed by atoms with E-state index in [-0.39, 0.29) is 341 Å².